The number of nitrogens with zero attached hydrogens (tertiary/aromatic N) is 1. The van der Waals surface area contributed by atoms with Crippen LogP contribution in [0.1, 0.15) is 32.3 Å². The van der Waals surface area contributed by atoms with Crippen LogP contribution in [-0.2, 0) is 11.3 Å². The first-order valence-corrected chi connectivity index (χ1v) is 7.01. The van der Waals surface area contributed by atoms with Crippen LogP contribution in [0.25, 0.3) is 0 Å². The average molecular weight is 261 g/mol. The van der Waals surface area contributed by atoms with Crippen LogP contribution < -0.4 is 4.74 Å². The normalized spacial score (nSPS) is 19.9. The van der Waals surface area contributed by atoms with Gasteiger partial charge in [0.2, 0.25) is 5.91 Å². The molecule has 1 heterocycles. The van der Waals surface area contributed by atoms with Gasteiger partial charge in [-0.2, -0.15) is 0 Å². The van der Waals surface area contributed by atoms with Crippen molar-refractivity contribution in [1.82, 2.24) is 4.90 Å². The summed E-state index contributed by atoms with van der Waals surface area (Å²) in [5.41, 5.74) is 1.17. The van der Waals surface area contributed by atoms with Gasteiger partial charge in [0, 0.05) is 19.5 Å². The van der Waals surface area contributed by atoms with E-state index in [1.165, 1.54) is 5.56 Å². The quantitative estimate of drug-likeness (QED) is 0.833. The van der Waals surface area contributed by atoms with Gasteiger partial charge in [0.15, 0.2) is 0 Å². The number of hydrogen-bond acceptors (Lipinski definition) is 2. The summed E-state index contributed by atoms with van der Waals surface area (Å²) in [4.78, 5) is 14.0. The van der Waals surface area contributed by atoms with Crippen molar-refractivity contribution in [3.05, 3.63) is 29.8 Å². The van der Waals surface area contributed by atoms with Gasteiger partial charge in [-0.15, -0.1) is 0 Å². The van der Waals surface area contributed by atoms with Crippen LogP contribution >= 0.6 is 0 Å². The lowest BCUT2D eigenvalue weighted by molar-refractivity contribution is -0.136. The minimum Gasteiger partial charge on any atom is -0.497 e. The third-order valence-corrected chi connectivity index (χ3v) is 4.01. The van der Waals surface area contributed by atoms with E-state index in [4.69, 9.17) is 4.74 Å². The molecule has 0 saturated carbocycles. The van der Waals surface area contributed by atoms with E-state index >= 15 is 0 Å². The number of methoxy groups -OCH3 is 1. The van der Waals surface area contributed by atoms with Crippen LogP contribution in [0.2, 0.25) is 0 Å². The molecule has 1 aliphatic rings. The number of ether oxygens (including phenoxy) is 1. The fourth-order valence-electron chi connectivity index (χ4n) is 2.59. The van der Waals surface area contributed by atoms with E-state index in [9.17, 15) is 4.79 Å². The lowest BCUT2D eigenvalue weighted by Gasteiger charge is -2.34. The number of benzene rings is 1. The van der Waals surface area contributed by atoms with Crippen LogP contribution in [0.4, 0.5) is 0 Å². The standard InChI is InChI=1S/C16H23NO2/c1-12(2)14-6-9-16(18)17(11-14)10-13-4-7-15(19-3)8-5-13/h4-5,7-8,12,14H,6,9-11H2,1-3H3. The van der Waals surface area contributed by atoms with Crippen LogP contribution in [0, 0.1) is 11.8 Å². The van der Waals surface area contributed by atoms with Gasteiger partial charge in [-0.25, -0.2) is 0 Å². The van der Waals surface area contributed by atoms with E-state index in [1.807, 2.05) is 29.2 Å². The number of amides is 1. The molecule has 0 spiro atoms. The second-order valence-corrected chi connectivity index (χ2v) is 5.67. The van der Waals surface area contributed by atoms with Gasteiger partial charge in [-0.1, -0.05) is 26.0 Å². The Hall–Kier alpha value is -1.51. The maximum Gasteiger partial charge on any atom is 0.222 e. The average Bonchev–Trinajstić information content (AvgIpc) is 2.42. The third kappa shape index (κ3) is 3.49. The summed E-state index contributed by atoms with van der Waals surface area (Å²) < 4.78 is 5.15. The first-order chi connectivity index (χ1) is 9.10. The molecule has 1 aliphatic heterocycles. The third-order valence-electron chi connectivity index (χ3n) is 4.01. The smallest absolute Gasteiger partial charge is 0.222 e. The lowest BCUT2D eigenvalue weighted by Crippen LogP contribution is -2.40. The van der Waals surface area contributed by atoms with Gasteiger partial charge in [-0.05, 0) is 36.0 Å². The van der Waals surface area contributed by atoms with E-state index in [1.54, 1.807) is 7.11 Å². The second-order valence-electron chi connectivity index (χ2n) is 5.67. The lowest BCUT2D eigenvalue weighted by atomic mass is 9.87. The summed E-state index contributed by atoms with van der Waals surface area (Å²) in [6.07, 6.45) is 1.73. The molecule has 19 heavy (non-hydrogen) atoms. The van der Waals surface area contributed by atoms with Gasteiger partial charge in [0.1, 0.15) is 5.75 Å². The van der Waals surface area contributed by atoms with E-state index < -0.39 is 0 Å². The Kier molecular flexibility index (Phi) is 4.46. The van der Waals surface area contributed by atoms with Crippen molar-refractivity contribution in [3.8, 4) is 5.75 Å². The molecule has 1 fully saturated rings. The Morgan fingerprint density at radius 2 is 2.00 bits per heavy atom. The molecular weight excluding hydrogens is 238 g/mol. The van der Waals surface area contributed by atoms with Crippen molar-refractivity contribution in [3.63, 3.8) is 0 Å². The van der Waals surface area contributed by atoms with Crippen molar-refractivity contribution < 1.29 is 9.53 Å². The molecule has 1 aromatic rings. The van der Waals surface area contributed by atoms with E-state index in [-0.39, 0.29) is 5.91 Å². The maximum atomic E-state index is 12.0. The predicted molar refractivity (Wildman–Crippen MR) is 76.0 cm³/mol. The molecule has 1 unspecified atom stereocenters. The maximum absolute atomic E-state index is 12.0. The van der Waals surface area contributed by atoms with Crippen LogP contribution in [-0.4, -0.2) is 24.5 Å². The minimum atomic E-state index is 0.285. The molecule has 1 amide bonds. The number of likely N-dealkylation sites (tertiary alicyclic amines) is 1. The highest BCUT2D eigenvalue weighted by atomic mass is 16.5. The molecular formula is C16H23NO2. The fraction of sp³-hybridized carbons (Fsp3) is 0.562. The first-order valence-electron chi connectivity index (χ1n) is 7.01. The molecule has 0 radical (unpaired) electrons. The number of piperidine rings is 1. The fourth-order valence-corrected chi connectivity index (χ4v) is 2.59. The van der Waals surface area contributed by atoms with Crippen molar-refractivity contribution in [2.24, 2.45) is 11.8 Å². The zero-order valence-corrected chi connectivity index (χ0v) is 12.1. The van der Waals surface area contributed by atoms with Crippen molar-refractivity contribution >= 4 is 5.91 Å². The number of hydrogen-bond donors (Lipinski definition) is 0. The second kappa shape index (κ2) is 6.09. The van der Waals surface area contributed by atoms with Gasteiger partial charge in [-0.3, -0.25) is 4.79 Å². The molecule has 1 saturated heterocycles. The summed E-state index contributed by atoms with van der Waals surface area (Å²) in [6, 6.07) is 7.96. The predicted octanol–water partition coefficient (Wildman–Crippen LogP) is 3.09. The summed E-state index contributed by atoms with van der Waals surface area (Å²) in [5.74, 6) is 2.42. The molecule has 2 rings (SSSR count). The molecule has 1 aromatic carbocycles. The van der Waals surface area contributed by atoms with Crippen molar-refractivity contribution in [2.75, 3.05) is 13.7 Å². The molecule has 3 nitrogen and oxygen atoms in total. The molecule has 0 aliphatic carbocycles. The molecule has 3 heteroatoms. The first kappa shape index (κ1) is 13.9. The summed E-state index contributed by atoms with van der Waals surface area (Å²) in [6.45, 7) is 6.09. The van der Waals surface area contributed by atoms with Crippen molar-refractivity contribution in [1.29, 1.82) is 0 Å². The van der Waals surface area contributed by atoms with Crippen LogP contribution in [0.5, 0.6) is 5.75 Å². The SMILES string of the molecule is COc1ccc(CN2CC(C(C)C)CCC2=O)cc1. The zero-order valence-electron chi connectivity index (χ0n) is 12.1. The number of carbonyl (C=O) groups is 1. The largest absolute Gasteiger partial charge is 0.497 e. The van der Waals surface area contributed by atoms with Gasteiger partial charge >= 0.3 is 0 Å². The highest BCUT2D eigenvalue weighted by Gasteiger charge is 2.27. The highest BCUT2D eigenvalue weighted by molar-refractivity contribution is 5.77. The Morgan fingerprint density at radius 3 is 2.58 bits per heavy atom. The Labute approximate surface area is 115 Å². The number of carbonyl (C=O) groups excluding carboxylic acids is 1. The zero-order chi connectivity index (χ0) is 13.8. The Bertz CT molecular complexity index is 425. The van der Waals surface area contributed by atoms with E-state index in [0.717, 1.165) is 18.7 Å². The van der Waals surface area contributed by atoms with Gasteiger partial charge in [0.05, 0.1) is 7.11 Å². The van der Waals surface area contributed by atoms with Gasteiger partial charge in [0.25, 0.3) is 0 Å². The molecule has 104 valence electrons. The highest BCUT2D eigenvalue weighted by Crippen LogP contribution is 2.25. The molecule has 0 bridgehead atoms. The number of rotatable bonds is 4. The van der Waals surface area contributed by atoms with Crippen LogP contribution in [0.15, 0.2) is 24.3 Å². The Balaban J connectivity index is 2.01. The topological polar surface area (TPSA) is 29.5 Å². The van der Waals surface area contributed by atoms with Crippen LogP contribution in [0.3, 0.4) is 0 Å². The van der Waals surface area contributed by atoms with E-state index in [0.29, 0.717) is 24.8 Å². The van der Waals surface area contributed by atoms with Crippen molar-refractivity contribution in [2.45, 2.75) is 33.2 Å². The van der Waals surface area contributed by atoms with E-state index in [2.05, 4.69) is 13.8 Å². The monoisotopic (exact) mass is 261 g/mol. The Morgan fingerprint density at radius 1 is 1.32 bits per heavy atom. The summed E-state index contributed by atoms with van der Waals surface area (Å²) >= 11 is 0. The summed E-state index contributed by atoms with van der Waals surface area (Å²) in [5, 5.41) is 0. The molecule has 0 N–H and O–H groups in total. The molecule has 0 aromatic heterocycles. The summed E-state index contributed by atoms with van der Waals surface area (Å²) in [7, 11) is 1.66. The minimum absolute atomic E-state index is 0.285. The van der Waals surface area contributed by atoms with Gasteiger partial charge < -0.3 is 9.64 Å². The molecule has 1 atom stereocenters.